The number of anilines is 1. The second kappa shape index (κ2) is 6.24. The number of benzene rings is 1. The first kappa shape index (κ1) is 14.8. The van der Waals surface area contributed by atoms with Gasteiger partial charge in [-0.3, -0.25) is 4.79 Å². The Balaban J connectivity index is 1.92. The van der Waals surface area contributed by atoms with Gasteiger partial charge in [0.05, 0.1) is 16.6 Å². The van der Waals surface area contributed by atoms with Crippen molar-refractivity contribution in [3.8, 4) is 0 Å². The molecular formula is C13H14Cl2N4O. The monoisotopic (exact) mass is 312 g/mol. The van der Waals surface area contributed by atoms with Crippen LogP contribution in [0.25, 0.3) is 0 Å². The van der Waals surface area contributed by atoms with Crippen LogP contribution in [0.4, 0.5) is 5.69 Å². The molecule has 0 aliphatic rings. The van der Waals surface area contributed by atoms with Crippen LogP contribution in [0.3, 0.4) is 0 Å². The molecule has 0 saturated carbocycles. The Labute approximate surface area is 126 Å². The fraction of sp³-hybridized carbons (Fsp3) is 0.308. The Morgan fingerprint density at radius 2 is 2.05 bits per heavy atom. The minimum absolute atomic E-state index is 0.115. The van der Waals surface area contributed by atoms with E-state index in [1.165, 1.54) is 0 Å². The molecule has 0 saturated heterocycles. The number of hydrogen-bond donors (Lipinski definition) is 1. The van der Waals surface area contributed by atoms with Gasteiger partial charge in [0.25, 0.3) is 0 Å². The van der Waals surface area contributed by atoms with Gasteiger partial charge in [-0.1, -0.05) is 23.2 Å². The van der Waals surface area contributed by atoms with Gasteiger partial charge in [-0.15, -0.1) is 0 Å². The first-order valence-corrected chi connectivity index (χ1v) is 6.84. The van der Waals surface area contributed by atoms with Gasteiger partial charge in [-0.05, 0) is 32.0 Å². The molecule has 0 aliphatic carbocycles. The maximum absolute atomic E-state index is 11.9. The maximum atomic E-state index is 11.9. The smallest absolute Gasteiger partial charge is 0.226 e. The van der Waals surface area contributed by atoms with Crippen molar-refractivity contribution in [2.24, 2.45) is 0 Å². The van der Waals surface area contributed by atoms with E-state index in [4.69, 9.17) is 23.2 Å². The van der Waals surface area contributed by atoms with Gasteiger partial charge in [0.15, 0.2) is 0 Å². The summed E-state index contributed by atoms with van der Waals surface area (Å²) in [5, 5.41) is 7.83. The number of carbonyl (C=O) groups excluding carboxylic acids is 1. The quantitative estimate of drug-likeness (QED) is 0.942. The lowest BCUT2D eigenvalue weighted by molar-refractivity contribution is -0.116. The van der Waals surface area contributed by atoms with Crippen LogP contribution in [0, 0.1) is 13.8 Å². The lowest BCUT2D eigenvalue weighted by atomic mass is 10.3. The summed E-state index contributed by atoms with van der Waals surface area (Å²) in [5.41, 5.74) is 0.621. The third-order valence-electron chi connectivity index (χ3n) is 2.72. The lowest BCUT2D eigenvalue weighted by Gasteiger charge is -2.07. The normalized spacial score (nSPS) is 10.6. The van der Waals surface area contributed by atoms with E-state index in [2.05, 4.69) is 15.4 Å². The fourth-order valence-electron chi connectivity index (χ4n) is 1.78. The molecule has 1 N–H and O–H groups in total. The van der Waals surface area contributed by atoms with E-state index in [0.717, 1.165) is 5.82 Å². The van der Waals surface area contributed by atoms with E-state index in [-0.39, 0.29) is 5.91 Å². The third-order valence-corrected chi connectivity index (χ3v) is 3.46. The summed E-state index contributed by atoms with van der Waals surface area (Å²) in [6.45, 7) is 4.16. The van der Waals surface area contributed by atoms with Crippen molar-refractivity contribution in [2.45, 2.75) is 26.8 Å². The first-order chi connectivity index (χ1) is 9.45. The van der Waals surface area contributed by atoms with Crippen molar-refractivity contribution in [1.29, 1.82) is 0 Å². The molecule has 0 unspecified atom stereocenters. The number of halogens is 2. The topological polar surface area (TPSA) is 59.8 Å². The Morgan fingerprint density at radius 1 is 1.30 bits per heavy atom. The average molecular weight is 313 g/mol. The number of nitrogens with zero attached hydrogens (tertiary/aromatic N) is 3. The molecule has 2 aromatic rings. The summed E-state index contributed by atoms with van der Waals surface area (Å²) in [6, 6.07) is 4.97. The highest BCUT2D eigenvalue weighted by Crippen LogP contribution is 2.25. The van der Waals surface area contributed by atoms with E-state index in [1.54, 1.807) is 22.9 Å². The van der Waals surface area contributed by atoms with Gasteiger partial charge in [0, 0.05) is 12.1 Å². The molecule has 106 valence electrons. The summed E-state index contributed by atoms with van der Waals surface area (Å²) in [7, 11) is 0. The van der Waals surface area contributed by atoms with E-state index >= 15 is 0 Å². The van der Waals surface area contributed by atoms with Gasteiger partial charge in [0.1, 0.15) is 11.6 Å². The summed E-state index contributed by atoms with van der Waals surface area (Å²) < 4.78 is 1.71. The Kier molecular flexibility index (Phi) is 4.62. The van der Waals surface area contributed by atoms with Crippen molar-refractivity contribution >= 4 is 34.8 Å². The molecule has 7 heteroatoms. The van der Waals surface area contributed by atoms with Crippen molar-refractivity contribution in [2.75, 3.05) is 5.32 Å². The highest BCUT2D eigenvalue weighted by atomic mass is 35.5. The molecule has 0 bridgehead atoms. The van der Waals surface area contributed by atoms with E-state index in [0.29, 0.717) is 34.5 Å². The van der Waals surface area contributed by atoms with Crippen LogP contribution in [0.5, 0.6) is 0 Å². The molecular weight excluding hydrogens is 299 g/mol. The van der Waals surface area contributed by atoms with Gasteiger partial charge < -0.3 is 5.32 Å². The van der Waals surface area contributed by atoms with Crippen LogP contribution in [0.15, 0.2) is 18.2 Å². The lowest BCUT2D eigenvalue weighted by Crippen LogP contribution is -2.15. The molecule has 0 aliphatic heterocycles. The van der Waals surface area contributed by atoms with Crippen LogP contribution in [-0.4, -0.2) is 20.7 Å². The van der Waals surface area contributed by atoms with Crippen LogP contribution in [0.1, 0.15) is 18.1 Å². The van der Waals surface area contributed by atoms with Crippen molar-refractivity contribution < 1.29 is 4.79 Å². The summed E-state index contributed by atoms with van der Waals surface area (Å²) in [5.74, 6) is 1.38. The van der Waals surface area contributed by atoms with Crippen LogP contribution >= 0.6 is 23.2 Å². The third kappa shape index (κ3) is 3.71. The van der Waals surface area contributed by atoms with E-state index in [1.807, 2.05) is 13.8 Å². The van der Waals surface area contributed by atoms with E-state index in [9.17, 15) is 4.79 Å². The summed E-state index contributed by atoms with van der Waals surface area (Å²) >= 11 is 11.7. The largest absolute Gasteiger partial charge is 0.326 e. The second-order valence-electron chi connectivity index (χ2n) is 4.36. The number of aromatic nitrogens is 3. The summed E-state index contributed by atoms with van der Waals surface area (Å²) in [6.07, 6.45) is 0.309. The molecule has 2 rings (SSSR count). The molecule has 5 nitrogen and oxygen atoms in total. The van der Waals surface area contributed by atoms with Crippen LogP contribution in [-0.2, 0) is 11.3 Å². The van der Waals surface area contributed by atoms with Gasteiger partial charge >= 0.3 is 0 Å². The number of rotatable bonds is 4. The molecule has 1 heterocycles. The molecule has 0 spiro atoms. The van der Waals surface area contributed by atoms with Gasteiger partial charge in [-0.25, -0.2) is 9.67 Å². The summed E-state index contributed by atoms with van der Waals surface area (Å²) in [4.78, 5) is 16.0. The molecule has 1 aromatic carbocycles. The molecule has 20 heavy (non-hydrogen) atoms. The zero-order valence-electron chi connectivity index (χ0n) is 11.2. The average Bonchev–Trinajstić information content (AvgIpc) is 2.70. The zero-order chi connectivity index (χ0) is 14.7. The molecule has 1 aromatic heterocycles. The standard InChI is InChI=1S/C13H14Cl2N4O/c1-8-16-9(2)19(18-8)6-5-13(20)17-10-3-4-11(14)12(15)7-10/h3-4,7H,5-6H2,1-2H3,(H,17,20). The molecule has 0 fully saturated rings. The number of amides is 1. The van der Waals surface area contributed by atoms with E-state index < -0.39 is 0 Å². The fourth-order valence-corrected chi connectivity index (χ4v) is 2.08. The highest BCUT2D eigenvalue weighted by Gasteiger charge is 2.07. The van der Waals surface area contributed by atoms with Crippen molar-refractivity contribution in [3.05, 3.63) is 39.9 Å². The minimum atomic E-state index is -0.115. The molecule has 0 radical (unpaired) electrons. The van der Waals surface area contributed by atoms with Gasteiger partial charge in [-0.2, -0.15) is 5.10 Å². The Hall–Kier alpha value is -1.59. The highest BCUT2D eigenvalue weighted by molar-refractivity contribution is 6.42. The van der Waals surface area contributed by atoms with Gasteiger partial charge in [0.2, 0.25) is 5.91 Å². The van der Waals surface area contributed by atoms with Crippen LogP contribution in [0.2, 0.25) is 10.0 Å². The SMILES string of the molecule is Cc1nc(C)n(CCC(=O)Nc2ccc(Cl)c(Cl)c2)n1. The van der Waals surface area contributed by atoms with Crippen molar-refractivity contribution in [1.82, 2.24) is 14.8 Å². The predicted molar refractivity (Wildman–Crippen MR) is 79.2 cm³/mol. The molecule has 0 atom stereocenters. The zero-order valence-corrected chi connectivity index (χ0v) is 12.7. The minimum Gasteiger partial charge on any atom is -0.326 e. The first-order valence-electron chi connectivity index (χ1n) is 6.08. The molecule has 1 amide bonds. The van der Waals surface area contributed by atoms with Crippen molar-refractivity contribution in [3.63, 3.8) is 0 Å². The number of aryl methyl sites for hydroxylation is 3. The number of carbonyl (C=O) groups is 1. The predicted octanol–water partition coefficient (Wildman–Crippen LogP) is 3.23. The maximum Gasteiger partial charge on any atom is 0.226 e. The second-order valence-corrected chi connectivity index (χ2v) is 5.17. The number of hydrogen-bond acceptors (Lipinski definition) is 3. The Morgan fingerprint density at radius 3 is 2.65 bits per heavy atom. The van der Waals surface area contributed by atoms with Crippen LogP contribution < -0.4 is 5.32 Å². The number of nitrogens with one attached hydrogen (secondary N) is 1. The Bertz CT molecular complexity index is 639.